The zero-order valence-electron chi connectivity index (χ0n) is 10.2. The third kappa shape index (κ3) is 3.23. The van der Waals surface area contributed by atoms with Crippen LogP contribution in [0.1, 0.15) is 11.1 Å². The van der Waals surface area contributed by atoms with E-state index in [-0.39, 0.29) is 17.9 Å². The molecule has 0 aliphatic rings. The van der Waals surface area contributed by atoms with Crippen LogP contribution in [0, 0.1) is 0 Å². The second-order valence-corrected chi connectivity index (χ2v) is 4.46. The molecule has 0 fully saturated rings. The van der Waals surface area contributed by atoms with Crippen LogP contribution in [0.3, 0.4) is 0 Å². The van der Waals surface area contributed by atoms with Crippen LogP contribution in [0.4, 0.5) is 13.2 Å². The van der Waals surface area contributed by atoms with Crippen molar-refractivity contribution in [2.24, 2.45) is 5.73 Å². The second kappa shape index (κ2) is 5.73. The van der Waals surface area contributed by atoms with E-state index in [0.29, 0.717) is 10.8 Å². The van der Waals surface area contributed by atoms with Gasteiger partial charge in [0.15, 0.2) is 0 Å². The predicted molar refractivity (Wildman–Crippen MR) is 70.9 cm³/mol. The molecule has 2 aromatic rings. The monoisotopic (exact) mass is 301 g/mol. The van der Waals surface area contributed by atoms with E-state index in [1.807, 2.05) is 0 Å². The first-order chi connectivity index (χ1) is 9.41. The van der Waals surface area contributed by atoms with Gasteiger partial charge in [-0.2, -0.15) is 13.2 Å². The topological polar surface area (TPSA) is 35.2 Å². The highest BCUT2D eigenvalue weighted by molar-refractivity contribution is 6.32. The highest BCUT2D eigenvalue weighted by atomic mass is 35.5. The molecule has 0 radical (unpaired) electrons. The fourth-order valence-corrected chi connectivity index (χ4v) is 1.84. The number of rotatable bonds is 3. The number of alkyl halides is 3. The van der Waals surface area contributed by atoms with Gasteiger partial charge in [0.1, 0.15) is 11.5 Å². The Labute approximate surface area is 118 Å². The van der Waals surface area contributed by atoms with Crippen LogP contribution >= 0.6 is 11.6 Å². The molecule has 106 valence electrons. The summed E-state index contributed by atoms with van der Waals surface area (Å²) in [6, 6.07) is 9.87. The molecular weight excluding hydrogens is 291 g/mol. The Hall–Kier alpha value is -1.72. The van der Waals surface area contributed by atoms with Gasteiger partial charge in [-0.25, -0.2) is 0 Å². The van der Waals surface area contributed by atoms with E-state index in [1.165, 1.54) is 6.07 Å². The Balaban J connectivity index is 2.36. The first-order valence-electron chi connectivity index (χ1n) is 5.74. The second-order valence-electron chi connectivity index (χ2n) is 4.06. The molecule has 0 saturated carbocycles. The lowest BCUT2D eigenvalue weighted by atomic mass is 10.1. The van der Waals surface area contributed by atoms with Gasteiger partial charge in [0.25, 0.3) is 0 Å². The van der Waals surface area contributed by atoms with Gasteiger partial charge in [-0.1, -0.05) is 23.7 Å². The summed E-state index contributed by atoms with van der Waals surface area (Å²) < 4.78 is 43.4. The SMILES string of the molecule is NCc1cc(C(F)(F)F)ccc1Oc1ccccc1Cl. The molecule has 0 unspecified atom stereocenters. The van der Waals surface area contributed by atoms with Crippen molar-refractivity contribution in [2.75, 3.05) is 0 Å². The summed E-state index contributed by atoms with van der Waals surface area (Å²) in [5, 5.41) is 0.371. The number of ether oxygens (including phenoxy) is 1. The standard InChI is InChI=1S/C14H11ClF3NO/c15-11-3-1-2-4-13(11)20-12-6-5-10(14(16,17)18)7-9(12)8-19/h1-7H,8,19H2. The van der Waals surface area contributed by atoms with E-state index >= 15 is 0 Å². The summed E-state index contributed by atoms with van der Waals surface area (Å²) >= 11 is 5.94. The van der Waals surface area contributed by atoms with Crippen LogP contribution in [0.2, 0.25) is 5.02 Å². The van der Waals surface area contributed by atoms with E-state index in [1.54, 1.807) is 24.3 Å². The third-order valence-electron chi connectivity index (χ3n) is 2.66. The molecule has 0 heterocycles. The molecule has 0 spiro atoms. The van der Waals surface area contributed by atoms with Crippen molar-refractivity contribution in [3.63, 3.8) is 0 Å². The average molecular weight is 302 g/mol. The number of hydrogen-bond acceptors (Lipinski definition) is 2. The molecule has 0 amide bonds. The maximum absolute atomic E-state index is 12.6. The molecule has 0 bridgehead atoms. The summed E-state index contributed by atoms with van der Waals surface area (Å²) in [5.41, 5.74) is 4.98. The Kier molecular flexibility index (Phi) is 4.20. The van der Waals surface area contributed by atoms with E-state index in [0.717, 1.165) is 12.1 Å². The molecule has 2 rings (SSSR count). The van der Waals surface area contributed by atoms with E-state index in [4.69, 9.17) is 22.1 Å². The molecule has 0 aliphatic heterocycles. The lowest BCUT2D eigenvalue weighted by Gasteiger charge is -2.14. The van der Waals surface area contributed by atoms with Gasteiger partial charge in [0.2, 0.25) is 0 Å². The number of hydrogen-bond donors (Lipinski definition) is 1. The van der Waals surface area contributed by atoms with Crippen molar-refractivity contribution in [2.45, 2.75) is 12.7 Å². The molecule has 2 nitrogen and oxygen atoms in total. The molecule has 6 heteroatoms. The first-order valence-corrected chi connectivity index (χ1v) is 6.12. The van der Waals surface area contributed by atoms with Crippen LogP contribution in [0.15, 0.2) is 42.5 Å². The van der Waals surface area contributed by atoms with Crippen molar-refractivity contribution in [3.8, 4) is 11.5 Å². The maximum Gasteiger partial charge on any atom is 0.416 e. The summed E-state index contributed by atoms with van der Waals surface area (Å²) in [4.78, 5) is 0. The summed E-state index contributed by atoms with van der Waals surface area (Å²) in [6.07, 6.45) is -4.41. The molecule has 20 heavy (non-hydrogen) atoms. The lowest BCUT2D eigenvalue weighted by molar-refractivity contribution is -0.137. The van der Waals surface area contributed by atoms with Crippen molar-refractivity contribution in [1.82, 2.24) is 0 Å². The van der Waals surface area contributed by atoms with Crippen molar-refractivity contribution < 1.29 is 17.9 Å². The van der Waals surface area contributed by atoms with Crippen molar-refractivity contribution in [3.05, 3.63) is 58.6 Å². The average Bonchev–Trinajstić information content (AvgIpc) is 2.40. The van der Waals surface area contributed by atoms with Gasteiger partial charge in [-0.05, 0) is 30.3 Å². The zero-order valence-corrected chi connectivity index (χ0v) is 11.0. The van der Waals surface area contributed by atoms with E-state index in [2.05, 4.69) is 0 Å². The fourth-order valence-electron chi connectivity index (χ4n) is 1.66. The van der Waals surface area contributed by atoms with Crippen LogP contribution < -0.4 is 10.5 Å². The summed E-state index contributed by atoms with van der Waals surface area (Å²) in [5.74, 6) is 0.622. The van der Waals surface area contributed by atoms with Gasteiger partial charge in [-0.15, -0.1) is 0 Å². The molecule has 0 saturated heterocycles. The van der Waals surface area contributed by atoms with Gasteiger partial charge in [-0.3, -0.25) is 0 Å². The Morgan fingerprint density at radius 1 is 1.05 bits per heavy atom. The minimum Gasteiger partial charge on any atom is -0.455 e. The van der Waals surface area contributed by atoms with Crippen LogP contribution in [-0.4, -0.2) is 0 Å². The Morgan fingerprint density at radius 3 is 2.35 bits per heavy atom. The Morgan fingerprint density at radius 2 is 1.75 bits per heavy atom. The quantitative estimate of drug-likeness (QED) is 0.898. The molecule has 0 aromatic heterocycles. The van der Waals surface area contributed by atoms with Gasteiger partial charge >= 0.3 is 6.18 Å². The smallest absolute Gasteiger partial charge is 0.416 e. The molecular formula is C14H11ClF3NO. The largest absolute Gasteiger partial charge is 0.455 e. The number of benzene rings is 2. The maximum atomic E-state index is 12.6. The highest BCUT2D eigenvalue weighted by Crippen LogP contribution is 2.35. The number of nitrogens with two attached hydrogens (primary N) is 1. The van der Waals surface area contributed by atoms with Crippen LogP contribution in [0.5, 0.6) is 11.5 Å². The van der Waals surface area contributed by atoms with Crippen LogP contribution in [-0.2, 0) is 12.7 Å². The normalized spacial score (nSPS) is 11.4. The molecule has 0 aliphatic carbocycles. The molecule has 2 N–H and O–H groups in total. The van der Waals surface area contributed by atoms with Gasteiger partial charge in [0.05, 0.1) is 10.6 Å². The van der Waals surface area contributed by atoms with Crippen LogP contribution in [0.25, 0.3) is 0 Å². The zero-order chi connectivity index (χ0) is 14.8. The number of para-hydroxylation sites is 1. The summed E-state index contributed by atoms with van der Waals surface area (Å²) in [6.45, 7) is -0.0658. The van der Waals surface area contributed by atoms with Gasteiger partial charge < -0.3 is 10.5 Å². The predicted octanol–water partition coefficient (Wildman–Crippen LogP) is 4.61. The first kappa shape index (κ1) is 14.7. The minimum absolute atomic E-state index is 0.0658. The Bertz CT molecular complexity index is 614. The lowest BCUT2D eigenvalue weighted by Crippen LogP contribution is -2.08. The molecule has 0 atom stereocenters. The van der Waals surface area contributed by atoms with Crippen molar-refractivity contribution >= 4 is 11.6 Å². The van der Waals surface area contributed by atoms with Crippen molar-refractivity contribution in [1.29, 1.82) is 0 Å². The third-order valence-corrected chi connectivity index (χ3v) is 2.98. The van der Waals surface area contributed by atoms with E-state index in [9.17, 15) is 13.2 Å². The minimum atomic E-state index is -4.41. The highest BCUT2D eigenvalue weighted by Gasteiger charge is 2.31. The summed E-state index contributed by atoms with van der Waals surface area (Å²) in [7, 11) is 0. The van der Waals surface area contributed by atoms with E-state index < -0.39 is 11.7 Å². The fraction of sp³-hybridized carbons (Fsp3) is 0.143. The van der Waals surface area contributed by atoms with Gasteiger partial charge in [0, 0.05) is 12.1 Å². The number of halogens is 4. The molecule has 2 aromatic carbocycles.